The molecule has 152 valence electrons. The van der Waals surface area contributed by atoms with Gasteiger partial charge < -0.3 is 24.4 Å². The fraction of sp³-hybridized carbons (Fsp3) is 0.364. The molecule has 4 rings (SSSR count). The van der Waals surface area contributed by atoms with E-state index >= 15 is 0 Å². The summed E-state index contributed by atoms with van der Waals surface area (Å²) >= 11 is 0. The fourth-order valence-corrected chi connectivity index (χ4v) is 3.47. The van der Waals surface area contributed by atoms with Crippen LogP contribution in [-0.2, 0) is 14.3 Å². The molecule has 2 heterocycles. The van der Waals surface area contributed by atoms with Gasteiger partial charge in [-0.15, -0.1) is 0 Å². The van der Waals surface area contributed by atoms with E-state index in [1.54, 1.807) is 18.2 Å². The van der Waals surface area contributed by atoms with Gasteiger partial charge in [0, 0.05) is 24.5 Å². The van der Waals surface area contributed by atoms with E-state index in [1.807, 2.05) is 30.3 Å². The van der Waals surface area contributed by atoms with Gasteiger partial charge in [-0.1, -0.05) is 12.1 Å². The molecule has 2 aliphatic heterocycles. The van der Waals surface area contributed by atoms with Crippen LogP contribution in [0.5, 0.6) is 11.5 Å². The van der Waals surface area contributed by atoms with Crippen LogP contribution in [0.4, 0.5) is 11.4 Å². The molecule has 0 saturated carbocycles. The predicted octanol–water partition coefficient (Wildman–Crippen LogP) is 3.00. The summed E-state index contributed by atoms with van der Waals surface area (Å²) in [5, 5.41) is 2.74. The van der Waals surface area contributed by atoms with Crippen LogP contribution >= 0.6 is 0 Å². The van der Waals surface area contributed by atoms with E-state index < -0.39 is 18.0 Å². The smallest absolute Gasteiger partial charge is 0.351 e. The Hall–Kier alpha value is -3.22. The maximum atomic E-state index is 12.2. The van der Waals surface area contributed by atoms with Gasteiger partial charge in [0.15, 0.2) is 18.1 Å². The number of nitrogens with zero attached hydrogens (tertiary/aromatic N) is 1. The largest absolute Gasteiger partial charge is 0.485 e. The van der Waals surface area contributed by atoms with Gasteiger partial charge in [-0.05, 0) is 55.7 Å². The summed E-state index contributed by atoms with van der Waals surface area (Å²) in [4.78, 5) is 26.6. The molecule has 1 atom stereocenters. The van der Waals surface area contributed by atoms with Crippen molar-refractivity contribution in [1.29, 1.82) is 0 Å². The van der Waals surface area contributed by atoms with E-state index in [2.05, 4.69) is 10.2 Å². The number of piperidine rings is 1. The van der Waals surface area contributed by atoms with Crippen molar-refractivity contribution in [3.8, 4) is 11.5 Å². The Balaban J connectivity index is 1.24. The second-order valence-electron chi connectivity index (χ2n) is 7.11. The molecule has 1 fully saturated rings. The van der Waals surface area contributed by atoms with Crippen molar-refractivity contribution in [2.75, 3.05) is 36.5 Å². The second kappa shape index (κ2) is 8.86. The Morgan fingerprint density at radius 2 is 1.72 bits per heavy atom. The molecule has 7 heteroatoms. The lowest BCUT2D eigenvalue weighted by atomic mass is 10.1. The number of amides is 1. The van der Waals surface area contributed by atoms with Crippen molar-refractivity contribution in [1.82, 2.24) is 0 Å². The van der Waals surface area contributed by atoms with E-state index in [0.717, 1.165) is 18.8 Å². The lowest BCUT2D eigenvalue weighted by Gasteiger charge is -2.28. The predicted molar refractivity (Wildman–Crippen MR) is 108 cm³/mol. The number of anilines is 2. The van der Waals surface area contributed by atoms with E-state index in [-0.39, 0.29) is 13.2 Å². The molecule has 7 nitrogen and oxygen atoms in total. The highest BCUT2D eigenvalue weighted by Gasteiger charge is 2.29. The number of hydrogen-bond donors (Lipinski definition) is 1. The minimum atomic E-state index is -0.887. The first-order valence-electron chi connectivity index (χ1n) is 9.89. The number of benzene rings is 2. The Kier molecular flexibility index (Phi) is 5.84. The van der Waals surface area contributed by atoms with Gasteiger partial charge in [0.25, 0.3) is 5.91 Å². The molecule has 1 unspecified atom stereocenters. The molecular formula is C22H24N2O5. The number of ether oxygens (including phenoxy) is 3. The van der Waals surface area contributed by atoms with Crippen LogP contribution in [0, 0.1) is 0 Å². The average Bonchev–Trinajstić information content (AvgIpc) is 2.78. The Morgan fingerprint density at radius 1 is 1.00 bits per heavy atom. The number of rotatable bonds is 5. The van der Waals surface area contributed by atoms with Crippen molar-refractivity contribution >= 4 is 23.3 Å². The number of fused-ring (bicyclic) bond motifs is 1. The topological polar surface area (TPSA) is 77.1 Å². The summed E-state index contributed by atoms with van der Waals surface area (Å²) in [7, 11) is 0. The highest BCUT2D eigenvalue weighted by Crippen LogP contribution is 2.31. The molecule has 0 radical (unpaired) electrons. The van der Waals surface area contributed by atoms with Crippen molar-refractivity contribution in [2.45, 2.75) is 25.4 Å². The lowest BCUT2D eigenvalue weighted by molar-refractivity contribution is -0.156. The number of para-hydroxylation sites is 2. The minimum absolute atomic E-state index is 0.0510. The van der Waals surface area contributed by atoms with Crippen LogP contribution in [0.15, 0.2) is 48.5 Å². The molecule has 1 N–H and O–H groups in total. The Bertz CT molecular complexity index is 862. The van der Waals surface area contributed by atoms with Crippen molar-refractivity contribution < 1.29 is 23.8 Å². The SMILES string of the molecule is O=C(COC(=O)C1COc2ccccc2O1)Nc1ccc(N2CCCCC2)cc1. The number of hydrogen-bond acceptors (Lipinski definition) is 6. The molecule has 2 aromatic rings. The summed E-state index contributed by atoms with van der Waals surface area (Å²) in [6, 6.07) is 14.8. The normalized spacial score (nSPS) is 18.1. The van der Waals surface area contributed by atoms with Gasteiger partial charge in [-0.2, -0.15) is 0 Å². The van der Waals surface area contributed by atoms with E-state index in [4.69, 9.17) is 14.2 Å². The average molecular weight is 396 g/mol. The van der Waals surface area contributed by atoms with E-state index in [9.17, 15) is 9.59 Å². The number of carbonyl (C=O) groups excluding carboxylic acids is 2. The zero-order valence-corrected chi connectivity index (χ0v) is 16.1. The first-order chi connectivity index (χ1) is 14.2. The molecule has 0 aliphatic carbocycles. The quantitative estimate of drug-likeness (QED) is 0.783. The number of nitrogens with one attached hydrogen (secondary N) is 1. The third-order valence-electron chi connectivity index (χ3n) is 4.99. The molecular weight excluding hydrogens is 372 g/mol. The highest BCUT2D eigenvalue weighted by atomic mass is 16.6. The fourth-order valence-electron chi connectivity index (χ4n) is 3.47. The lowest BCUT2D eigenvalue weighted by Crippen LogP contribution is -2.39. The Morgan fingerprint density at radius 3 is 2.48 bits per heavy atom. The molecule has 2 aliphatic rings. The summed E-state index contributed by atoms with van der Waals surface area (Å²) in [5.41, 5.74) is 1.82. The summed E-state index contributed by atoms with van der Waals surface area (Å²) in [6.07, 6.45) is 2.83. The van der Waals surface area contributed by atoms with Gasteiger partial charge in [0.05, 0.1) is 0 Å². The zero-order valence-electron chi connectivity index (χ0n) is 16.1. The van der Waals surface area contributed by atoms with Crippen molar-refractivity contribution in [3.63, 3.8) is 0 Å². The van der Waals surface area contributed by atoms with E-state index in [0.29, 0.717) is 17.2 Å². The van der Waals surface area contributed by atoms with Crippen LogP contribution in [0.3, 0.4) is 0 Å². The van der Waals surface area contributed by atoms with Crippen LogP contribution in [0.2, 0.25) is 0 Å². The third kappa shape index (κ3) is 4.80. The molecule has 1 saturated heterocycles. The van der Waals surface area contributed by atoms with Gasteiger partial charge >= 0.3 is 5.97 Å². The van der Waals surface area contributed by atoms with Gasteiger partial charge in [0.2, 0.25) is 6.10 Å². The summed E-state index contributed by atoms with van der Waals surface area (Å²) in [5.74, 6) is 0.0394. The molecule has 29 heavy (non-hydrogen) atoms. The second-order valence-corrected chi connectivity index (χ2v) is 7.11. The molecule has 0 bridgehead atoms. The standard InChI is InChI=1S/C22H24N2O5/c25-21(23-16-8-10-17(11-9-16)24-12-4-1-5-13-24)15-28-22(26)20-14-27-18-6-2-3-7-19(18)29-20/h2-3,6-11,20H,1,4-5,12-15H2,(H,23,25). The molecule has 2 aromatic carbocycles. The molecule has 1 amide bonds. The summed E-state index contributed by atoms with van der Waals surface area (Å²) in [6.45, 7) is 1.81. The zero-order chi connectivity index (χ0) is 20.1. The maximum absolute atomic E-state index is 12.2. The molecule has 0 spiro atoms. The maximum Gasteiger partial charge on any atom is 0.351 e. The third-order valence-corrected chi connectivity index (χ3v) is 4.99. The van der Waals surface area contributed by atoms with Crippen LogP contribution in [-0.4, -0.2) is 44.3 Å². The Labute approximate surface area is 169 Å². The highest BCUT2D eigenvalue weighted by molar-refractivity contribution is 5.93. The first kappa shape index (κ1) is 19.1. The monoisotopic (exact) mass is 396 g/mol. The van der Waals surface area contributed by atoms with Gasteiger partial charge in [-0.25, -0.2) is 4.79 Å². The van der Waals surface area contributed by atoms with Crippen molar-refractivity contribution in [2.24, 2.45) is 0 Å². The van der Waals surface area contributed by atoms with Gasteiger partial charge in [-0.3, -0.25) is 4.79 Å². The summed E-state index contributed by atoms with van der Waals surface area (Å²) < 4.78 is 16.2. The van der Waals surface area contributed by atoms with Crippen LogP contribution < -0.4 is 19.7 Å². The van der Waals surface area contributed by atoms with Crippen molar-refractivity contribution in [3.05, 3.63) is 48.5 Å². The minimum Gasteiger partial charge on any atom is -0.485 e. The first-order valence-corrected chi connectivity index (χ1v) is 9.89. The van der Waals surface area contributed by atoms with Gasteiger partial charge in [0.1, 0.15) is 6.61 Å². The van der Waals surface area contributed by atoms with Crippen LogP contribution in [0.1, 0.15) is 19.3 Å². The number of carbonyl (C=O) groups is 2. The van der Waals surface area contributed by atoms with E-state index in [1.165, 1.54) is 19.3 Å². The van der Waals surface area contributed by atoms with Crippen LogP contribution in [0.25, 0.3) is 0 Å². The molecule has 0 aromatic heterocycles. The number of esters is 1.